The number of piperazine rings is 1. The van der Waals surface area contributed by atoms with Gasteiger partial charge in [0.2, 0.25) is 15.9 Å². The number of halogens is 1. The highest BCUT2D eigenvalue weighted by atomic mass is 32.2. The average molecular weight is 478 g/mol. The molecule has 0 saturated carbocycles. The Balaban J connectivity index is 1.88. The van der Waals surface area contributed by atoms with Gasteiger partial charge < -0.3 is 10.1 Å². The minimum Gasteiger partial charge on any atom is -0.444 e. The first-order valence-corrected chi connectivity index (χ1v) is 11.9. The topological polar surface area (TPSA) is 96.0 Å². The van der Waals surface area contributed by atoms with Crippen LogP contribution in [0.1, 0.15) is 26.3 Å². The summed E-state index contributed by atoms with van der Waals surface area (Å²) < 4.78 is 46.8. The van der Waals surface area contributed by atoms with Crippen molar-refractivity contribution >= 4 is 27.7 Å². The number of nitrogens with zero attached hydrogens (tertiary/aromatic N) is 2. The highest BCUT2D eigenvalue weighted by Crippen LogP contribution is 2.23. The third-order valence-corrected chi connectivity index (χ3v) is 6.97. The Morgan fingerprint density at radius 1 is 1.09 bits per heavy atom. The minimum atomic E-state index is -3.88. The third kappa shape index (κ3) is 5.88. The first-order chi connectivity index (χ1) is 15.4. The van der Waals surface area contributed by atoms with E-state index in [9.17, 15) is 22.4 Å². The summed E-state index contributed by atoms with van der Waals surface area (Å²) in [6.07, 6.45) is -0.727. The molecule has 8 nitrogen and oxygen atoms in total. The maximum Gasteiger partial charge on any atom is 0.411 e. The number of anilines is 1. The van der Waals surface area contributed by atoms with Gasteiger partial charge in [0, 0.05) is 25.3 Å². The van der Waals surface area contributed by atoms with Crippen LogP contribution in [-0.4, -0.2) is 60.9 Å². The van der Waals surface area contributed by atoms with Crippen molar-refractivity contribution < 1.29 is 27.1 Å². The number of sulfonamides is 1. The number of ether oxygens (including phenoxy) is 1. The molecule has 0 aliphatic carbocycles. The molecule has 3 rings (SSSR count). The lowest BCUT2D eigenvalue weighted by Crippen LogP contribution is -2.61. The second-order valence-corrected chi connectivity index (χ2v) is 10.8. The number of hydrogen-bond acceptors (Lipinski definition) is 5. The molecule has 1 aliphatic heterocycles. The molecule has 2 amide bonds. The summed E-state index contributed by atoms with van der Waals surface area (Å²) in [6.45, 7) is 6.39. The average Bonchev–Trinajstić information content (AvgIpc) is 2.75. The van der Waals surface area contributed by atoms with Crippen LogP contribution in [0.2, 0.25) is 0 Å². The van der Waals surface area contributed by atoms with Gasteiger partial charge in [0.25, 0.3) is 0 Å². The normalized spacial score (nSPS) is 17.5. The van der Waals surface area contributed by atoms with E-state index in [-0.39, 0.29) is 30.2 Å². The summed E-state index contributed by atoms with van der Waals surface area (Å²) in [5, 5.41) is 2.59. The van der Waals surface area contributed by atoms with Crippen LogP contribution in [0.15, 0.2) is 53.4 Å². The van der Waals surface area contributed by atoms with Crippen LogP contribution in [-0.2, 0) is 19.6 Å². The molecule has 1 unspecified atom stereocenters. The van der Waals surface area contributed by atoms with Crippen LogP contribution in [0.25, 0.3) is 0 Å². The van der Waals surface area contributed by atoms with Crippen molar-refractivity contribution in [2.24, 2.45) is 0 Å². The van der Waals surface area contributed by atoms with E-state index >= 15 is 0 Å². The van der Waals surface area contributed by atoms with E-state index < -0.39 is 39.5 Å². The molecule has 2 aromatic carbocycles. The van der Waals surface area contributed by atoms with Crippen LogP contribution in [0.4, 0.5) is 14.9 Å². The highest BCUT2D eigenvalue weighted by Gasteiger charge is 2.41. The molecular formula is C23H28FN3O5S. The molecule has 178 valence electrons. The second-order valence-electron chi connectivity index (χ2n) is 8.82. The molecule has 1 atom stereocenters. The van der Waals surface area contributed by atoms with Gasteiger partial charge in [-0.1, -0.05) is 24.3 Å². The van der Waals surface area contributed by atoms with Crippen molar-refractivity contribution in [1.82, 2.24) is 9.21 Å². The highest BCUT2D eigenvalue weighted by molar-refractivity contribution is 7.89. The minimum absolute atomic E-state index is 0.000585. The molecule has 1 fully saturated rings. The van der Waals surface area contributed by atoms with Crippen LogP contribution in [0.3, 0.4) is 0 Å². The Morgan fingerprint density at radius 2 is 1.76 bits per heavy atom. The van der Waals surface area contributed by atoms with Gasteiger partial charge in [-0.2, -0.15) is 4.31 Å². The molecule has 10 heteroatoms. The van der Waals surface area contributed by atoms with Gasteiger partial charge in [0.15, 0.2) is 0 Å². The van der Waals surface area contributed by atoms with Crippen molar-refractivity contribution in [1.29, 1.82) is 0 Å². The van der Waals surface area contributed by atoms with E-state index in [1.54, 1.807) is 45.9 Å². The standard InChI is InChI=1S/C23H28FN3O5S/c1-16-10-11-17(14-19(16)24)25-21(28)20-15-26(33(30,31)18-8-6-5-7-9-18)12-13-27(20)22(29)32-23(2,3)4/h5-11,14,20H,12-13,15H2,1-4H3,(H,25,28). The first kappa shape index (κ1) is 24.7. The van der Waals surface area contributed by atoms with Crippen molar-refractivity contribution in [3.63, 3.8) is 0 Å². The lowest BCUT2D eigenvalue weighted by Gasteiger charge is -2.40. The molecule has 1 N–H and O–H groups in total. The fourth-order valence-electron chi connectivity index (χ4n) is 3.38. The fourth-order valence-corrected chi connectivity index (χ4v) is 4.84. The molecule has 33 heavy (non-hydrogen) atoms. The predicted octanol–water partition coefficient (Wildman–Crippen LogP) is 3.38. The number of benzene rings is 2. The number of aryl methyl sites for hydroxylation is 1. The Kier molecular flexibility index (Phi) is 7.08. The van der Waals surface area contributed by atoms with Crippen LogP contribution < -0.4 is 5.32 Å². The van der Waals surface area contributed by atoms with Crippen molar-refractivity contribution in [3.8, 4) is 0 Å². The fraction of sp³-hybridized carbons (Fsp3) is 0.391. The van der Waals surface area contributed by atoms with E-state index in [1.807, 2.05) is 0 Å². The van der Waals surface area contributed by atoms with Gasteiger partial charge >= 0.3 is 6.09 Å². The van der Waals surface area contributed by atoms with E-state index in [1.165, 1.54) is 39.5 Å². The van der Waals surface area contributed by atoms with E-state index in [2.05, 4.69) is 5.32 Å². The smallest absolute Gasteiger partial charge is 0.411 e. The lowest BCUT2D eigenvalue weighted by molar-refractivity contribution is -0.122. The van der Waals surface area contributed by atoms with E-state index in [0.29, 0.717) is 5.56 Å². The van der Waals surface area contributed by atoms with Crippen LogP contribution in [0, 0.1) is 12.7 Å². The van der Waals surface area contributed by atoms with Gasteiger partial charge in [-0.15, -0.1) is 0 Å². The van der Waals surface area contributed by atoms with Gasteiger partial charge in [-0.25, -0.2) is 17.6 Å². The molecule has 0 radical (unpaired) electrons. The van der Waals surface area contributed by atoms with Gasteiger partial charge in [-0.05, 0) is 57.5 Å². The van der Waals surface area contributed by atoms with Gasteiger partial charge in [0.05, 0.1) is 4.90 Å². The molecule has 1 saturated heterocycles. The summed E-state index contributed by atoms with van der Waals surface area (Å²) in [7, 11) is -3.88. The predicted molar refractivity (Wildman–Crippen MR) is 122 cm³/mol. The summed E-state index contributed by atoms with van der Waals surface area (Å²) in [6, 6.07) is 10.9. The van der Waals surface area contributed by atoms with E-state index in [0.717, 1.165) is 0 Å². The first-order valence-electron chi connectivity index (χ1n) is 10.5. The zero-order chi connectivity index (χ0) is 24.4. The molecule has 2 aromatic rings. The third-order valence-electron chi connectivity index (χ3n) is 5.09. The zero-order valence-electron chi connectivity index (χ0n) is 19.0. The number of hydrogen-bond donors (Lipinski definition) is 1. The van der Waals surface area contributed by atoms with Gasteiger partial charge in [0.1, 0.15) is 17.5 Å². The van der Waals surface area contributed by atoms with Crippen molar-refractivity contribution in [3.05, 3.63) is 59.9 Å². The van der Waals surface area contributed by atoms with E-state index in [4.69, 9.17) is 4.74 Å². The molecule has 1 aliphatic rings. The Labute approximate surface area is 193 Å². The Hall–Kier alpha value is -2.98. The quantitative estimate of drug-likeness (QED) is 0.728. The molecule has 0 spiro atoms. The van der Waals surface area contributed by atoms with Gasteiger partial charge in [-0.3, -0.25) is 9.69 Å². The van der Waals surface area contributed by atoms with Crippen LogP contribution >= 0.6 is 0 Å². The SMILES string of the molecule is Cc1ccc(NC(=O)C2CN(S(=O)(=O)c3ccccc3)CCN2C(=O)OC(C)(C)C)cc1F. The molecule has 0 aromatic heterocycles. The summed E-state index contributed by atoms with van der Waals surface area (Å²) >= 11 is 0. The van der Waals surface area contributed by atoms with Crippen LogP contribution in [0.5, 0.6) is 0 Å². The monoisotopic (exact) mass is 477 g/mol. The number of amides is 2. The number of carbonyl (C=O) groups is 2. The molecule has 0 bridgehead atoms. The summed E-state index contributed by atoms with van der Waals surface area (Å²) in [5.41, 5.74) is -0.178. The van der Waals surface area contributed by atoms with Crippen molar-refractivity contribution in [2.75, 3.05) is 25.0 Å². The number of nitrogens with one attached hydrogen (secondary N) is 1. The maximum absolute atomic E-state index is 13.9. The lowest BCUT2D eigenvalue weighted by atomic mass is 10.1. The summed E-state index contributed by atoms with van der Waals surface area (Å²) in [5.74, 6) is -1.13. The molecular weight excluding hydrogens is 449 g/mol. The second kappa shape index (κ2) is 9.48. The number of carbonyl (C=O) groups excluding carboxylic acids is 2. The molecule has 1 heterocycles. The number of rotatable bonds is 4. The Morgan fingerprint density at radius 3 is 2.36 bits per heavy atom. The zero-order valence-corrected chi connectivity index (χ0v) is 19.9. The van der Waals surface area contributed by atoms with Crippen molar-refractivity contribution in [2.45, 2.75) is 44.2 Å². The maximum atomic E-state index is 13.9. The largest absolute Gasteiger partial charge is 0.444 e. The summed E-state index contributed by atoms with van der Waals surface area (Å²) in [4.78, 5) is 27.3. The Bertz CT molecular complexity index is 1130.